The van der Waals surface area contributed by atoms with E-state index >= 15 is 0 Å². The molecule has 0 radical (unpaired) electrons. The minimum absolute atomic E-state index is 0.258. The van der Waals surface area contributed by atoms with E-state index < -0.39 is 0 Å². The molecule has 2 rings (SSSR count). The molecule has 0 aliphatic rings. The van der Waals surface area contributed by atoms with E-state index in [1.54, 1.807) is 0 Å². The molecule has 0 aromatic heterocycles. The molecular formula is C16H16N2. The smallest absolute Gasteiger partial charge is 0.121 e. The summed E-state index contributed by atoms with van der Waals surface area (Å²) in [4.78, 5) is 0. The van der Waals surface area contributed by atoms with E-state index in [1.807, 2.05) is 49.4 Å². The van der Waals surface area contributed by atoms with Crippen LogP contribution in [0, 0.1) is 18.3 Å². The molecule has 2 heteroatoms. The number of nitrogens with zero attached hydrogens (tertiary/aromatic N) is 1. The minimum atomic E-state index is -0.258. The van der Waals surface area contributed by atoms with Crippen LogP contribution in [0.2, 0.25) is 0 Å². The average Bonchev–Trinajstić information content (AvgIpc) is 2.42. The molecule has 0 heterocycles. The summed E-state index contributed by atoms with van der Waals surface area (Å²) < 4.78 is 0. The normalized spacial score (nSPS) is 11.8. The Hall–Kier alpha value is -2.11. The zero-order valence-corrected chi connectivity index (χ0v) is 10.4. The van der Waals surface area contributed by atoms with Crippen LogP contribution in [-0.2, 0) is 6.54 Å². The van der Waals surface area contributed by atoms with Gasteiger partial charge < -0.3 is 0 Å². The molecule has 0 fully saturated rings. The molecule has 0 aliphatic heterocycles. The lowest BCUT2D eigenvalue weighted by atomic mass is 10.0. The van der Waals surface area contributed by atoms with Crippen LogP contribution in [0.15, 0.2) is 54.6 Å². The lowest BCUT2D eigenvalue weighted by molar-refractivity contribution is 0.628. The second-order valence-corrected chi connectivity index (χ2v) is 4.29. The number of hydrogen-bond acceptors (Lipinski definition) is 2. The standard InChI is InChI=1S/C16H16N2/c1-13-7-5-6-10-15(13)16(11-17)18-12-14-8-3-2-4-9-14/h2-10,16,18H,12H2,1H3. The number of hydrogen-bond donors (Lipinski definition) is 1. The zero-order chi connectivity index (χ0) is 12.8. The molecule has 0 amide bonds. The summed E-state index contributed by atoms with van der Waals surface area (Å²) in [5, 5.41) is 12.6. The predicted octanol–water partition coefficient (Wildman–Crippen LogP) is 3.35. The number of rotatable bonds is 4. The molecule has 1 atom stereocenters. The van der Waals surface area contributed by atoms with Gasteiger partial charge in [0.25, 0.3) is 0 Å². The van der Waals surface area contributed by atoms with Crippen LogP contribution >= 0.6 is 0 Å². The Labute approximate surface area is 108 Å². The Morgan fingerprint density at radius 3 is 2.39 bits per heavy atom. The van der Waals surface area contributed by atoms with Crippen LogP contribution in [-0.4, -0.2) is 0 Å². The van der Waals surface area contributed by atoms with Crippen molar-refractivity contribution >= 4 is 0 Å². The van der Waals surface area contributed by atoms with Gasteiger partial charge in [-0.15, -0.1) is 0 Å². The first-order valence-electron chi connectivity index (χ1n) is 6.03. The largest absolute Gasteiger partial charge is 0.294 e. The molecule has 1 N–H and O–H groups in total. The monoisotopic (exact) mass is 236 g/mol. The van der Waals surface area contributed by atoms with E-state index in [0.717, 1.165) is 11.1 Å². The number of nitrogens with one attached hydrogen (secondary N) is 1. The fraction of sp³-hybridized carbons (Fsp3) is 0.188. The summed E-state index contributed by atoms with van der Waals surface area (Å²) in [7, 11) is 0. The molecule has 0 spiro atoms. The van der Waals surface area contributed by atoms with E-state index in [4.69, 9.17) is 0 Å². The van der Waals surface area contributed by atoms with Crippen LogP contribution in [0.4, 0.5) is 0 Å². The summed E-state index contributed by atoms with van der Waals surface area (Å²) in [6.45, 7) is 2.73. The average molecular weight is 236 g/mol. The molecule has 2 aromatic rings. The molecule has 0 saturated heterocycles. The molecule has 0 aliphatic carbocycles. The molecule has 2 aromatic carbocycles. The Bertz CT molecular complexity index is 541. The fourth-order valence-corrected chi connectivity index (χ4v) is 1.95. The number of aryl methyl sites for hydroxylation is 1. The van der Waals surface area contributed by atoms with E-state index in [9.17, 15) is 5.26 Å². The van der Waals surface area contributed by atoms with Gasteiger partial charge in [-0.3, -0.25) is 5.32 Å². The maximum atomic E-state index is 9.27. The lowest BCUT2D eigenvalue weighted by Crippen LogP contribution is -2.20. The Kier molecular flexibility index (Phi) is 4.11. The summed E-state index contributed by atoms with van der Waals surface area (Å²) in [5.74, 6) is 0. The van der Waals surface area contributed by atoms with Gasteiger partial charge in [0, 0.05) is 6.54 Å². The van der Waals surface area contributed by atoms with Crippen molar-refractivity contribution in [2.75, 3.05) is 0 Å². The Morgan fingerprint density at radius 2 is 1.72 bits per heavy atom. The molecule has 0 bridgehead atoms. The van der Waals surface area contributed by atoms with Crippen molar-refractivity contribution in [2.24, 2.45) is 0 Å². The van der Waals surface area contributed by atoms with Crippen molar-refractivity contribution in [3.05, 3.63) is 71.3 Å². The predicted molar refractivity (Wildman–Crippen MR) is 72.8 cm³/mol. The summed E-state index contributed by atoms with van der Waals surface area (Å²) in [6, 6.07) is 20.2. The SMILES string of the molecule is Cc1ccccc1C(C#N)NCc1ccccc1. The lowest BCUT2D eigenvalue weighted by Gasteiger charge is -2.14. The summed E-state index contributed by atoms with van der Waals surface area (Å²) in [6.07, 6.45) is 0. The van der Waals surface area contributed by atoms with Gasteiger partial charge >= 0.3 is 0 Å². The van der Waals surface area contributed by atoms with Gasteiger partial charge in [0.2, 0.25) is 0 Å². The first-order valence-corrected chi connectivity index (χ1v) is 6.03. The second kappa shape index (κ2) is 6.00. The van der Waals surface area contributed by atoms with Crippen LogP contribution in [0.3, 0.4) is 0 Å². The van der Waals surface area contributed by atoms with Gasteiger partial charge in [0.05, 0.1) is 6.07 Å². The van der Waals surface area contributed by atoms with Crippen molar-refractivity contribution in [2.45, 2.75) is 19.5 Å². The fourth-order valence-electron chi connectivity index (χ4n) is 1.95. The highest BCUT2D eigenvalue weighted by Gasteiger charge is 2.11. The van der Waals surface area contributed by atoms with E-state index in [2.05, 4.69) is 23.5 Å². The van der Waals surface area contributed by atoms with Crippen molar-refractivity contribution < 1.29 is 0 Å². The molecule has 18 heavy (non-hydrogen) atoms. The van der Waals surface area contributed by atoms with Gasteiger partial charge in [-0.05, 0) is 23.6 Å². The van der Waals surface area contributed by atoms with Crippen molar-refractivity contribution in [3.63, 3.8) is 0 Å². The summed E-state index contributed by atoms with van der Waals surface area (Å²) in [5.41, 5.74) is 3.38. The van der Waals surface area contributed by atoms with Crippen molar-refractivity contribution in [3.8, 4) is 6.07 Å². The first kappa shape index (κ1) is 12.3. The van der Waals surface area contributed by atoms with E-state index in [-0.39, 0.29) is 6.04 Å². The Balaban J connectivity index is 2.08. The zero-order valence-electron chi connectivity index (χ0n) is 10.4. The Morgan fingerprint density at radius 1 is 1.06 bits per heavy atom. The molecule has 90 valence electrons. The highest BCUT2D eigenvalue weighted by molar-refractivity contribution is 5.32. The van der Waals surface area contributed by atoms with Crippen molar-refractivity contribution in [1.29, 1.82) is 5.26 Å². The van der Waals surface area contributed by atoms with Gasteiger partial charge in [-0.2, -0.15) is 5.26 Å². The first-order chi connectivity index (χ1) is 8.81. The number of nitriles is 1. The van der Waals surface area contributed by atoms with Gasteiger partial charge in [0.1, 0.15) is 6.04 Å². The van der Waals surface area contributed by atoms with Gasteiger partial charge in [0.15, 0.2) is 0 Å². The molecular weight excluding hydrogens is 220 g/mol. The molecule has 2 nitrogen and oxygen atoms in total. The third-order valence-electron chi connectivity index (χ3n) is 2.98. The highest BCUT2D eigenvalue weighted by Crippen LogP contribution is 2.17. The second-order valence-electron chi connectivity index (χ2n) is 4.29. The van der Waals surface area contributed by atoms with Crippen LogP contribution in [0.5, 0.6) is 0 Å². The summed E-state index contributed by atoms with van der Waals surface area (Å²) >= 11 is 0. The van der Waals surface area contributed by atoms with E-state index in [0.29, 0.717) is 6.54 Å². The topological polar surface area (TPSA) is 35.8 Å². The number of benzene rings is 2. The highest BCUT2D eigenvalue weighted by atomic mass is 14.9. The van der Waals surface area contributed by atoms with Gasteiger partial charge in [-0.1, -0.05) is 54.6 Å². The minimum Gasteiger partial charge on any atom is -0.294 e. The maximum absolute atomic E-state index is 9.27. The quantitative estimate of drug-likeness (QED) is 0.883. The maximum Gasteiger partial charge on any atom is 0.121 e. The molecule has 0 saturated carbocycles. The third-order valence-corrected chi connectivity index (χ3v) is 2.98. The third kappa shape index (κ3) is 2.97. The van der Waals surface area contributed by atoms with Gasteiger partial charge in [-0.25, -0.2) is 0 Å². The van der Waals surface area contributed by atoms with Crippen LogP contribution in [0.25, 0.3) is 0 Å². The molecule has 1 unspecified atom stereocenters. The van der Waals surface area contributed by atoms with Crippen LogP contribution in [0.1, 0.15) is 22.7 Å². The van der Waals surface area contributed by atoms with Crippen molar-refractivity contribution in [1.82, 2.24) is 5.32 Å². The van der Waals surface area contributed by atoms with Crippen LogP contribution < -0.4 is 5.32 Å². The van der Waals surface area contributed by atoms with E-state index in [1.165, 1.54) is 5.56 Å².